The van der Waals surface area contributed by atoms with Crippen molar-refractivity contribution in [2.45, 2.75) is 6.54 Å². The summed E-state index contributed by atoms with van der Waals surface area (Å²) in [7, 11) is 2.07. The van der Waals surface area contributed by atoms with Gasteiger partial charge in [-0.1, -0.05) is 12.1 Å². The summed E-state index contributed by atoms with van der Waals surface area (Å²) in [4.78, 5) is 32.2. The van der Waals surface area contributed by atoms with Crippen LogP contribution in [-0.2, 0) is 6.54 Å². The van der Waals surface area contributed by atoms with Crippen molar-refractivity contribution in [3.05, 3.63) is 64.3 Å². The number of hydrogen-bond donors (Lipinski definition) is 0. The number of benzene rings is 1. The summed E-state index contributed by atoms with van der Waals surface area (Å²) in [5, 5.41) is 0. The fourth-order valence-electron chi connectivity index (χ4n) is 2.64. The second-order valence-corrected chi connectivity index (χ2v) is 5.84. The summed E-state index contributed by atoms with van der Waals surface area (Å²) >= 11 is 0. The maximum absolute atomic E-state index is 12.5. The molecule has 2 aromatic rings. The van der Waals surface area contributed by atoms with Crippen molar-refractivity contribution >= 4 is 5.91 Å². The van der Waals surface area contributed by atoms with Gasteiger partial charge in [-0.3, -0.25) is 14.2 Å². The van der Waals surface area contributed by atoms with Gasteiger partial charge in [0.2, 0.25) is 0 Å². The minimum absolute atomic E-state index is 0.0724. The van der Waals surface area contributed by atoms with E-state index in [4.69, 9.17) is 0 Å². The zero-order chi connectivity index (χ0) is 16.2. The molecular formula is C17H20N4O2. The lowest BCUT2D eigenvalue weighted by molar-refractivity contribution is 0.0664. The normalized spacial score (nSPS) is 15.6. The first-order chi connectivity index (χ1) is 11.1. The van der Waals surface area contributed by atoms with E-state index in [0.717, 1.165) is 31.7 Å². The molecular weight excluding hydrogens is 292 g/mol. The molecule has 120 valence electrons. The van der Waals surface area contributed by atoms with Gasteiger partial charge in [-0.05, 0) is 24.7 Å². The molecule has 1 aromatic carbocycles. The molecule has 2 heterocycles. The second kappa shape index (κ2) is 6.75. The van der Waals surface area contributed by atoms with Crippen LogP contribution in [0, 0.1) is 0 Å². The molecule has 0 bridgehead atoms. The number of nitrogens with zero attached hydrogens (tertiary/aromatic N) is 4. The van der Waals surface area contributed by atoms with Crippen molar-refractivity contribution in [2.75, 3.05) is 33.2 Å². The molecule has 3 rings (SSSR count). The Morgan fingerprint density at radius 1 is 1.09 bits per heavy atom. The molecule has 1 amide bonds. The topological polar surface area (TPSA) is 58.4 Å². The second-order valence-electron chi connectivity index (χ2n) is 5.84. The van der Waals surface area contributed by atoms with Gasteiger partial charge in [0.25, 0.3) is 11.5 Å². The zero-order valence-electron chi connectivity index (χ0n) is 13.2. The molecule has 0 saturated carbocycles. The number of likely N-dealkylation sites (N-methyl/N-ethyl adjacent to an activating group) is 1. The van der Waals surface area contributed by atoms with Crippen molar-refractivity contribution in [2.24, 2.45) is 0 Å². The molecule has 1 aliphatic rings. The average Bonchev–Trinajstić information content (AvgIpc) is 2.58. The van der Waals surface area contributed by atoms with Gasteiger partial charge in [-0.2, -0.15) is 0 Å². The predicted molar refractivity (Wildman–Crippen MR) is 87.4 cm³/mol. The lowest BCUT2D eigenvalue weighted by atomic mass is 10.1. The Balaban J connectivity index is 1.68. The molecule has 1 fully saturated rings. The van der Waals surface area contributed by atoms with Crippen molar-refractivity contribution in [1.82, 2.24) is 19.4 Å². The molecule has 0 radical (unpaired) electrons. The average molecular weight is 312 g/mol. The largest absolute Gasteiger partial charge is 0.336 e. The van der Waals surface area contributed by atoms with E-state index in [1.165, 1.54) is 23.2 Å². The van der Waals surface area contributed by atoms with Gasteiger partial charge in [0.05, 0.1) is 12.9 Å². The third-order valence-electron chi connectivity index (χ3n) is 4.14. The quantitative estimate of drug-likeness (QED) is 0.836. The number of hydrogen-bond acceptors (Lipinski definition) is 4. The molecule has 1 saturated heterocycles. The van der Waals surface area contributed by atoms with Gasteiger partial charge >= 0.3 is 0 Å². The fraction of sp³-hybridized carbons (Fsp3) is 0.353. The first-order valence-corrected chi connectivity index (χ1v) is 7.71. The third-order valence-corrected chi connectivity index (χ3v) is 4.14. The Hall–Kier alpha value is -2.47. The van der Waals surface area contributed by atoms with E-state index in [1.54, 1.807) is 0 Å². The van der Waals surface area contributed by atoms with Gasteiger partial charge in [0, 0.05) is 44.0 Å². The molecule has 23 heavy (non-hydrogen) atoms. The highest BCUT2D eigenvalue weighted by Gasteiger charge is 2.20. The van der Waals surface area contributed by atoms with Crippen LogP contribution in [0.4, 0.5) is 0 Å². The summed E-state index contributed by atoms with van der Waals surface area (Å²) in [5.74, 6) is 0.0724. The van der Waals surface area contributed by atoms with Crippen LogP contribution in [0.1, 0.15) is 15.9 Å². The summed E-state index contributed by atoms with van der Waals surface area (Å²) in [6, 6.07) is 8.88. The first kappa shape index (κ1) is 15.4. The number of aromatic nitrogens is 2. The smallest absolute Gasteiger partial charge is 0.253 e. The van der Waals surface area contributed by atoms with Crippen molar-refractivity contribution < 1.29 is 4.79 Å². The highest BCUT2D eigenvalue weighted by Crippen LogP contribution is 2.10. The highest BCUT2D eigenvalue weighted by molar-refractivity contribution is 5.94. The molecule has 0 unspecified atom stereocenters. The Morgan fingerprint density at radius 2 is 1.78 bits per heavy atom. The molecule has 0 atom stereocenters. The molecule has 0 N–H and O–H groups in total. The van der Waals surface area contributed by atoms with Crippen LogP contribution in [0.3, 0.4) is 0 Å². The number of carbonyl (C=O) groups excluding carboxylic acids is 1. The van der Waals surface area contributed by atoms with Gasteiger partial charge in [-0.15, -0.1) is 0 Å². The van der Waals surface area contributed by atoms with Gasteiger partial charge in [0.15, 0.2) is 0 Å². The van der Waals surface area contributed by atoms with Gasteiger partial charge < -0.3 is 9.80 Å². The molecule has 0 aliphatic carbocycles. The van der Waals surface area contributed by atoms with E-state index in [9.17, 15) is 9.59 Å². The van der Waals surface area contributed by atoms with Crippen molar-refractivity contribution in [3.63, 3.8) is 0 Å². The van der Waals surface area contributed by atoms with E-state index < -0.39 is 0 Å². The Kier molecular flexibility index (Phi) is 4.52. The standard InChI is InChI=1S/C17H20N4O2/c1-19-8-10-20(11-9-19)17(23)15-4-2-14(3-5-15)12-21-13-18-7-6-16(21)22/h2-7,13H,8-12H2,1H3. The third kappa shape index (κ3) is 3.65. The Morgan fingerprint density at radius 3 is 2.43 bits per heavy atom. The van der Waals surface area contributed by atoms with E-state index in [-0.39, 0.29) is 11.5 Å². The maximum atomic E-state index is 12.5. The highest BCUT2D eigenvalue weighted by atomic mass is 16.2. The van der Waals surface area contributed by atoms with Crippen LogP contribution in [0.2, 0.25) is 0 Å². The SMILES string of the molecule is CN1CCN(C(=O)c2ccc(Cn3cnccc3=O)cc2)CC1. The summed E-state index contributed by atoms with van der Waals surface area (Å²) in [6.45, 7) is 3.81. The van der Waals surface area contributed by atoms with E-state index in [1.807, 2.05) is 29.2 Å². The molecule has 0 spiro atoms. The first-order valence-electron chi connectivity index (χ1n) is 7.71. The van der Waals surface area contributed by atoms with Crippen LogP contribution in [0.25, 0.3) is 0 Å². The Labute approximate surface area is 135 Å². The molecule has 1 aromatic heterocycles. The van der Waals surface area contributed by atoms with E-state index in [0.29, 0.717) is 12.1 Å². The minimum Gasteiger partial charge on any atom is -0.336 e. The zero-order valence-corrected chi connectivity index (χ0v) is 13.2. The number of rotatable bonds is 3. The van der Waals surface area contributed by atoms with Crippen molar-refractivity contribution in [1.29, 1.82) is 0 Å². The summed E-state index contributed by atoms with van der Waals surface area (Å²) < 4.78 is 1.54. The summed E-state index contributed by atoms with van der Waals surface area (Å²) in [5.41, 5.74) is 1.57. The molecule has 1 aliphatic heterocycles. The lowest BCUT2D eigenvalue weighted by Gasteiger charge is -2.32. The monoisotopic (exact) mass is 312 g/mol. The van der Waals surface area contributed by atoms with Crippen LogP contribution >= 0.6 is 0 Å². The minimum atomic E-state index is -0.0856. The van der Waals surface area contributed by atoms with Gasteiger partial charge in [0.1, 0.15) is 0 Å². The lowest BCUT2D eigenvalue weighted by Crippen LogP contribution is -2.47. The number of carbonyl (C=O) groups is 1. The van der Waals surface area contributed by atoms with E-state index >= 15 is 0 Å². The van der Waals surface area contributed by atoms with E-state index in [2.05, 4.69) is 16.9 Å². The Bertz CT molecular complexity index is 731. The van der Waals surface area contributed by atoms with Crippen molar-refractivity contribution in [3.8, 4) is 0 Å². The molecule has 6 heteroatoms. The summed E-state index contributed by atoms with van der Waals surface area (Å²) in [6.07, 6.45) is 3.00. The predicted octanol–water partition coefficient (Wildman–Crippen LogP) is 0.679. The molecule has 6 nitrogen and oxygen atoms in total. The van der Waals surface area contributed by atoms with Crippen LogP contribution < -0.4 is 5.56 Å². The van der Waals surface area contributed by atoms with Crippen LogP contribution in [0.15, 0.2) is 47.7 Å². The number of amides is 1. The van der Waals surface area contributed by atoms with Crippen LogP contribution in [-0.4, -0.2) is 58.5 Å². The van der Waals surface area contributed by atoms with Crippen LogP contribution in [0.5, 0.6) is 0 Å². The fourth-order valence-corrected chi connectivity index (χ4v) is 2.64. The van der Waals surface area contributed by atoms with Gasteiger partial charge in [-0.25, -0.2) is 4.98 Å². The number of piperazine rings is 1. The maximum Gasteiger partial charge on any atom is 0.253 e.